The monoisotopic (exact) mass is 622 g/mol. The lowest BCUT2D eigenvalue weighted by Crippen LogP contribution is -2.64. The normalized spacial score (nSPS) is 33.0. The molecule has 1 spiro atoms. The molecular formula is C36H46O9. The number of hydrogen-bond acceptors (Lipinski definition) is 9. The number of carbonyl (C=O) groups excluding carboxylic acids is 4. The second kappa shape index (κ2) is 13.7. The molecule has 4 rings (SSSR count). The molecule has 0 bridgehead atoms. The van der Waals surface area contributed by atoms with Gasteiger partial charge in [-0.15, -0.1) is 0 Å². The van der Waals surface area contributed by atoms with Gasteiger partial charge >= 0.3 is 23.9 Å². The highest BCUT2D eigenvalue weighted by Crippen LogP contribution is 2.68. The minimum atomic E-state index is -1.25. The Morgan fingerprint density at radius 2 is 1.69 bits per heavy atom. The molecule has 9 unspecified atom stereocenters. The van der Waals surface area contributed by atoms with Gasteiger partial charge in [0.1, 0.15) is 17.6 Å². The minimum Gasteiger partial charge on any atom is -0.458 e. The van der Waals surface area contributed by atoms with E-state index in [0.717, 1.165) is 5.57 Å². The number of ether oxygens (including phenoxy) is 5. The molecule has 2 fully saturated rings. The SMILES string of the molecule is C=CC(C)=CCC1(C)C(C)CC(OC(=O)c2ccccc2)C23C(=CC(OC(=O)C(C)CC)CC12)C(OC(C)=O)OC3OC(C)=O. The van der Waals surface area contributed by atoms with Gasteiger partial charge in [-0.25, -0.2) is 4.79 Å². The number of esters is 4. The number of rotatable bonds is 10. The van der Waals surface area contributed by atoms with Gasteiger partial charge in [0, 0.05) is 19.4 Å². The summed E-state index contributed by atoms with van der Waals surface area (Å²) in [5.74, 6) is -2.81. The first-order chi connectivity index (χ1) is 21.3. The molecule has 1 saturated heterocycles. The van der Waals surface area contributed by atoms with Crippen LogP contribution in [0.1, 0.15) is 84.5 Å². The Kier molecular flexibility index (Phi) is 10.4. The van der Waals surface area contributed by atoms with Crippen molar-refractivity contribution in [3.8, 4) is 0 Å². The Bertz CT molecular complexity index is 1360. The van der Waals surface area contributed by atoms with Gasteiger partial charge in [0.2, 0.25) is 12.6 Å². The summed E-state index contributed by atoms with van der Waals surface area (Å²) >= 11 is 0. The molecule has 0 N–H and O–H groups in total. The highest BCUT2D eigenvalue weighted by atomic mass is 16.8. The van der Waals surface area contributed by atoms with Crippen molar-refractivity contribution in [2.45, 2.75) is 98.9 Å². The second-order valence-corrected chi connectivity index (χ2v) is 12.9. The van der Waals surface area contributed by atoms with Crippen molar-refractivity contribution in [3.05, 3.63) is 71.8 Å². The van der Waals surface area contributed by atoms with Crippen LogP contribution < -0.4 is 0 Å². The van der Waals surface area contributed by atoms with E-state index in [0.29, 0.717) is 36.8 Å². The summed E-state index contributed by atoms with van der Waals surface area (Å²) in [6.45, 7) is 16.4. The Balaban J connectivity index is 1.96. The third-order valence-corrected chi connectivity index (χ3v) is 10.1. The molecule has 9 atom stereocenters. The quantitative estimate of drug-likeness (QED) is 0.125. The lowest BCUT2D eigenvalue weighted by Gasteiger charge is -2.60. The van der Waals surface area contributed by atoms with Crippen LogP contribution in [-0.2, 0) is 38.1 Å². The van der Waals surface area contributed by atoms with Gasteiger partial charge in [-0.05, 0) is 68.1 Å². The molecule has 244 valence electrons. The van der Waals surface area contributed by atoms with Crippen molar-refractivity contribution < 1.29 is 42.9 Å². The van der Waals surface area contributed by atoms with Gasteiger partial charge in [-0.1, -0.05) is 70.2 Å². The van der Waals surface area contributed by atoms with Gasteiger partial charge in [-0.2, -0.15) is 0 Å². The summed E-state index contributed by atoms with van der Waals surface area (Å²) < 4.78 is 30.3. The smallest absolute Gasteiger partial charge is 0.338 e. The zero-order valence-corrected chi connectivity index (χ0v) is 27.4. The minimum absolute atomic E-state index is 0.00779. The van der Waals surface area contributed by atoms with Crippen LogP contribution in [0.5, 0.6) is 0 Å². The summed E-state index contributed by atoms with van der Waals surface area (Å²) in [6.07, 6.45) is 3.63. The van der Waals surface area contributed by atoms with E-state index in [2.05, 4.69) is 26.5 Å². The molecule has 0 aromatic heterocycles. The van der Waals surface area contributed by atoms with Crippen molar-refractivity contribution in [3.63, 3.8) is 0 Å². The van der Waals surface area contributed by atoms with Crippen molar-refractivity contribution in [2.24, 2.45) is 28.6 Å². The molecule has 1 aromatic carbocycles. The maximum absolute atomic E-state index is 13.6. The number of carbonyl (C=O) groups is 4. The van der Waals surface area contributed by atoms with Crippen LogP contribution in [0.25, 0.3) is 0 Å². The van der Waals surface area contributed by atoms with Gasteiger partial charge < -0.3 is 18.9 Å². The predicted octanol–water partition coefficient (Wildman–Crippen LogP) is 6.48. The van der Waals surface area contributed by atoms with Crippen LogP contribution in [0.3, 0.4) is 0 Å². The van der Waals surface area contributed by atoms with E-state index in [1.165, 1.54) is 13.8 Å². The molecular weight excluding hydrogens is 576 g/mol. The van der Waals surface area contributed by atoms with Crippen molar-refractivity contribution >= 4 is 23.9 Å². The van der Waals surface area contributed by atoms with E-state index in [4.69, 9.17) is 23.7 Å². The highest BCUT2D eigenvalue weighted by molar-refractivity contribution is 5.89. The molecule has 9 nitrogen and oxygen atoms in total. The van der Waals surface area contributed by atoms with Crippen LogP contribution >= 0.6 is 0 Å². The van der Waals surface area contributed by atoms with Crippen LogP contribution in [0.2, 0.25) is 0 Å². The van der Waals surface area contributed by atoms with Crippen LogP contribution in [0, 0.1) is 28.6 Å². The Morgan fingerprint density at radius 3 is 2.29 bits per heavy atom. The maximum Gasteiger partial charge on any atom is 0.338 e. The first kappa shape index (κ1) is 34.2. The zero-order chi connectivity index (χ0) is 33.1. The predicted molar refractivity (Wildman–Crippen MR) is 166 cm³/mol. The fourth-order valence-electron chi connectivity index (χ4n) is 7.18. The van der Waals surface area contributed by atoms with E-state index in [1.807, 2.05) is 26.8 Å². The molecule has 1 heterocycles. The average Bonchev–Trinajstić information content (AvgIpc) is 3.29. The largest absolute Gasteiger partial charge is 0.458 e. The van der Waals surface area contributed by atoms with E-state index < -0.39 is 59.4 Å². The van der Waals surface area contributed by atoms with E-state index in [-0.39, 0.29) is 17.8 Å². The van der Waals surface area contributed by atoms with Gasteiger partial charge in [-0.3, -0.25) is 19.1 Å². The van der Waals surface area contributed by atoms with Crippen LogP contribution in [-0.4, -0.2) is 48.7 Å². The van der Waals surface area contributed by atoms with E-state index >= 15 is 0 Å². The fraction of sp³-hybridized carbons (Fsp3) is 0.556. The molecule has 2 aliphatic carbocycles. The summed E-state index contributed by atoms with van der Waals surface area (Å²) in [6, 6.07) is 8.67. The van der Waals surface area contributed by atoms with Crippen molar-refractivity contribution in [2.75, 3.05) is 0 Å². The van der Waals surface area contributed by atoms with E-state index in [1.54, 1.807) is 36.4 Å². The highest BCUT2D eigenvalue weighted by Gasteiger charge is 2.72. The van der Waals surface area contributed by atoms with Crippen molar-refractivity contribution in [1.29, 1.82) is 0 Å². The van der Waals surface area contributed by atoms with E-state index in [9.17, 15) is 19.2 Å². The average molecular weight is 623 g/mol. The summed E-state index contributed by atoms with van der Waals surface area (Å²) in [5, 5.41) is 0. The fourth-order valence-corrected chi connectivity index (χ4v) is 7.18. The zero-order valence-electron chi connectivity index (χ0n) is 27.4. The molecule has 1 aromatic rings. The van der Waals surface area contributed by atoms with Gasteiger partial charge in [0.25, 0.3) is 0 Å². The Labute approximate surface area is 266 Å². The molecule has 0 amide bonds. The third kappa shape index (κ3) is 6.64. The number of benzene rings is 1. The topological polar surface area (TPSA) is 114 Å². The van der Waals surface area contributed by atoms with Gasteiger partial charge in [0.15, 0.2) is 0 Å². The van der Waals surface area contributed by atoms with Gasteiger partial charge in [0.05, 0.1) is 11.5 Å². The second-order valence-electron chi connectivity index (χ2n) is 12.9. The van der Waals surface area contributed by atoms with Crippen LogP contribution in [0.15, 0.2) is 66.3 Å². The lowest BCUT2D eigenvalue weighted by molar-refractivity contribution is -0.253. The number of hydrogen-bond donors (Lipinski definition) is 0. The summed E-state index contributed by atoms with van der Waals surface area (Å²) in [7, 11) is 0. The molecule has 1 saturated carbocycles. The standard InChI is InChI=1S/C36H46O9/c1-9-21(3)16-17-35(8)23(5)18-30(44-32(40)26-14-12-11-13-15-26)36-28(33(41-24(6)37)45-34(36)42-25(7)38)19-27(20-29(35)36)43-31(39)22(4)10-2/h9,11-16,19,22-23,27,29-30,33-34H,1,10,17-18,20H2,2-8H3. The molecule has 45 heavy (non-hydrogen) atoms. The molecule has 9 heteroatoms. The summed E-state index contributed by atoms with van der Waals surface area (Å²) in [4.78, 5) is 51.7. The molecule has 3 aliphatic rings. The third-order valence-electron chi connectivity index (χ3n) is 10.1. The first-order valence-corrected chi connectivity index (χ1v) is 15.8. The molecule has 1 aliphatic heterocycles. The Hall–Kier alpha value is -3.72. The lowest BCUT2D eigenvalue weighted by atomic mass is 9.45. The maximum atomic E-state index is 13.6. The summed E-state index contributed by atoms with van der Waals surface area (Å²) in [5.41, 5.74) is 0.103. The van der Waals surface area contributed by atoms with Crippen molar-refractivity contribution in [1.82, 2.24) is 0 Å². The number of allylic oxidation sites excluding steroid dienone is 3. The first-order valence-electron chi connectivity index (χ1n) is 15.8. The Morgan fingerprint density at radius 1 is 1.02 bits per heavy atom. The van der Waals surface area contributed by atoms with Crippen LogP contribution in [0.4, 0.5) is 0 Å². The molecule has 0 radical (unpaired) electrons.